The minimum atomic E-state index is -3.72. The van der Waals surface area contributed by atoms with Crippen molar-refractivity contribution in [3.05, 3.63) is 15.4 Å². The largest absolute Gasteiger partial charge is 0.480 e. The Kier molecular flexibility index (Phi) is 3.82. The molecular weight excluding hydrogens is 342 g/mol. The van der Waals surface area contributed by atoms with Crippen molar-refractivity contribution >= 4 is 43.3 Å². The van der Waals surface area contributed by atoms with Crippen molar-refractivity contribution in [2.45, 2.75) is 30.0 Å². The van der Waals surface area contributed by atoms with E-state index >= 15 is 0 Å². The fraction of sp³-hybridized carbons (Fsp3) is 0.500. The molecule has 1 aliphatic heterocycles. The number of nitrogens with zero attached hydrogens (tertiary/aromatic N) is 1. The number of thiophene rings is 1. The van der Waals surface area contributed by atoms with Crippen LogP contribution in [0.1, 0.15) is 17.7 Å². The maximum absolute atomic E-state index is 12.4. The van der Waals surface area contributed by atoms with Crippen molar-refractivity contribution in [3.63, 3.8) is 0 Å². The molecule has 1 aromatic heterocycles. The number of rotatable bonds is 3. The number of halogens is 1. The predicted octanol–water partition coefficient (Wildman–Crippen LogP) is 2.06. The normalized spacial score (nSPS) is 21.3. The van der Waals surface area contributed by atoms with Gasteiger partial charge in [0.05, 0.1) is 0 Å². The molecule has 0 saturated carbocycles. The maximum atomic E-state index is 12.4. The zero-order valence-electron chi connectivity index (χ0n) is 9.59. The maximum Gasteiger partial charge on any atom is 0.322 e. The Morgan fingerprint density at radius 1 is 1.61 bits per heavy atom. The number of carboxylic acids is 1. The molecular formula is C10H12BrNO4S2. The van der Waals surface area contributed by atoms with Gasteiger partial charge in [0.2, 0.25) is 0 Å². The van der Waals surface area contributed by atoms with Gasteiger partial charge in [-0.15, -0.1) is 11.3 Å². The van der Waals surface area contributed by atoms with E-state index in [-0.39, 0.29) is 10.8 Å². The van der Waals surface area contributed by atoms with E-state index < -0.39 is 22.0 Å². The molecule has 0 spiro atoms. The van der Waals surface area contributed by atoms with Crippen molar-refractivity contribution < 1.29 is 18.3 Å². The van der Waals surface area contributed by atoms with Crippen LogP contribution in [-0.4, -0.2) is 36.4 Å². The summed E-state index contributed by atoms with van der Waals surface area (Å²) < 4.78 is 26.6. The van der Waals surface area contributed by atoms with Crippen LogP contribution in [0, 0.1) is 6.92 Å². The summed E-state index contributed by atoms with van der Waals surface area (Å²) in [4.78, 5) is 11.9. The minimum Gasteiger partial charge on any atom is -0.480 e. The minimum absolute atomic E-state index is 0.188. The van der Waals surface area contributed by atoms with E-state index in [9.17, 15) is 13.2 Å². The van der Waals surface area contributed by atoms with Crippen molar-refractivity contribution in [3.8, 4) is 0 Å². The van der Waals surface area contributed by atoms with Gasteiger partial charge in [-0.05, 0) is 41.8 Å². The van der Waals surface area contributed by atoms with Gasteiger partial charge >= 0.3 is 5.97 Å². The van der Waals surface area contributed by atoms with E-state index in [4.69, 9.17) is 5.11 Å². The van der Waals surface area contributed by atoms with Crippen LogP contribution < -0.4 is 0 Å². The molecule has 2 rings (SSSR count). The summed E-state index contributed by atoms with van der Waals surface area (Å²) in [5, 5.41) is 9.05. The van der Waals surface area contributed by atoms with E-state index in [1.165, 1.54) is 0 Å². The fourth-order valence-corrected chi connectivity index (χ4v) is 6.52. The van der Waals surface area contributed by atoms with Crippen molar-refractivity contribution in [2.24, 2.45) is 0 Å². The molecule has 1 aromatic rings. The molecule has 0 aliphatic carbocycles. The van der Waals surface area contributed by atoms with Crippen molar-refractivity contribution in [1.82, 2.24) is 4.31 Å². The van der Waals surface area contributed by atoms with Gasteiger partial charge in [-0.2, -0.15) is 4.31 Å². The van der Waals surface area contributed by atoms with Crippen LogP contribution in [0.25, 0.3) is 0 Å². The first-order valence-electron chi connectivity index (χ1n) is 5.34. The third-order valence-electron chi connectivity index (χ3n) is 2.81. The van der Waals surface area contributed by atoms with Gasteiger partial charge in [-0.1, -0.05) is 0 Å². The number of hydrogen-bond donors (Lipinski definition) is 1. The van der Waals surface area contributed by atoms with Gasteiger partial charge in [0, 0.05) is 15.9 Å². The smallest absolute Gasteiger partial charge is 0.322 e. The topological polar surface area (TPSA) is 74.7 Å². The zero-order chi connectivity index (χ0) is 13.5. The number of aryl methyl sites for hydroxylation is 1. The number of carboxylic acid groups (broad SMARTS) is 1. The van der Waals surface area contributed by atoms with Gasteiger partial charge in [0.25, 0.3) is 10.0 Å². The lowest BCUT2D eigenvalue weighted by Gasteiger charge is -2.20. The number of hydrogen-bond acceptors (Lipinski definition) is 4. The van der Waals surface area contributed by atoms with E-state index in [1.807, 2.05) is 6.92 Å². The second-order valence-corrected chi connectivity index (χ2v) is 8.30. The highest BCUT2D eigenvalue weighted by Crippen LogP contribution is 2.36. The van der Waals surface area contributed by atoms with E-state index in [0.29, 0.717) is 17.3 Å². The molecule has 5 nitrogen and oxygen atoms in total. The highest BCUT2D eigenvalue weighted by Gasteiger charge is 2.40. The van der Waals surface area contributed by atoms with Crippen LogP contribution in [-0.2, 0) is 14.8 Å². The van der Waals surface area contributed by atoms with Gasteiger partial charge in [-0.25, -0.2) is 8.42 Å². The molecule has 1 atom stereocenters. The summed E-state index contributed by atoms with van der Waals surface area (Å²) in [6.07, 6.45) is 0.953. The second kappa shape index (κ2) is 4.92. The molecule has 0 unspecified atom stereocenters. The molecule has 0 bridgehead atoms. The first kappa shape index (κ1) is 14.0. The molecule has 1 aliphatic rings. The molecule has 0 amide bonds. The number of carbonyl (C=O) groups is 1. The standard InChI is InChI=1S/C10H12BrNO4S2/c1-6-5-7(11)10(17-6)18(15,16)12-4-2-3-8(12)9(13)14/h5,8H,2-4H2,1H3,(H,13,14)/t8-/m1/s1. The quantitative estimate of drug-likeness (QED) is 0.902. The molecule has 0 radical (unpaired) electrons. The SMILES string of the molecule is Cc1cc(Br)c(S(=O)(=O)N2CCC[C@@H]2C(=O)O)s1. The van der Waals surface area contributed by atoms with Crippen LogP contribution in [0.15, 0.2) is 14.7 Å². The Bertz CT molecular complexity index is 581. The lowest BCUT2D eigenvalue weighted by Crippen LogP contribution is -2.40. The summed E-state index contributed by atoms with van der Waals surface area (Å²) in [6, 6.07) is 0.785. The first-order valence-corrected chi connectivity index (χ1v) is 8.39. The van der Waals surface area contributed by atoms with E-state index in [0.717, 1.165) is 20.5 Å². The van der Waals surface area contributed by atoms with Crippen LogP contribution in [0.4, 0.5) is 0 Å². The van der Waals surface area contributed by atoms with Crippen LogP contribution in [0.2, 0.25) is 0 Å². The van der Waals surface area contributed by atoms with Crippen LogP contribution in [0.3, 0.4) is 0 Å². The Morgan fingerprint density at radius 2 is 2.28 bits per heavy atom. The Labute approximate surface area is 118 Å². The van der Waals surface area contributed by atoms with Crippen LogP contribution >= 0.6 is 27.3 Å². The Morgan fingerprint density at radius 3 is 2.78 bits per heavy atom. The Balaban J connectivity index is 2.43. The summed E-state index contributed by atoms with van der Waals surface area (Å²) >= 11 is 4.37. The summed E-state index contributed by atoms with van der Waals surface area (Å²) in [7, 11) is -3.72. The average molecular weight is 354 g/mol. The summed E-state index contributed by atoms with van der Waals surface area (Å²) in [5.41, 5.74) is 0. The molecule has 1 saturated heterocycles. The molecule has 8 heteroatoms. The summed E-state index contributed by atoms with van der Waals surface area (Å²) in [5.74, 6) is -1.08. The van der Waals surface area contributed by atoms with Gasteiger partial charge < -0.3 is 5.11 Å². The van der Waals surface area contributed by atoms with Crippen LogP contribution in [0.5, 0.6) is 0 Å². The molecule has 18 heavy (non-hydrogen) atoms. The van der Waals surface area contributed by atoms with E-state index in [2.05, 4.69) is 15.9 Å². The molecule has 0 aromatic carbocycles. The third kappa shape index (κ3) is 2.34. The molecule has 100 valence electrons. The third-order valence-corrected chi connectivity index (χ3v) is 7.43. The first-order chi connectivity index (χ1) is 8.34. The highest BCUT2D eigenvalue weighted by molar-refractivity contribution is 9.10. The lowest BCUT2D eigenvalue weighted by molar-refractivity contribution is -0.140. The predicted molar refractivity (Wildman–Crippen MR) is 71.3 cm³/mol. The molecule has 1 fully saturated rings. The number of sulfonamides is 1. The summed E-state index contributed by atoms with van der Waals surface area (Å²) in [6.45, 7) is 2.08. The second-order valence-electron chi connectivity index (χ2n) is 4.10. The average Bonchev–Trinajstić information content (AvgIpc) is 2.84. The van der Waals surface area contributed by atoms with Crippen molar-refractivity contribution in [2.75, 3.05) is 6.54 Å². The van der Waals surface area contributed by atoms with Gasteiger partial charge in [0.15, 0.2) is 0 Å². The zero-order valence-corrected chi connectivity index (χ0v) is 12.8. The van der Waals surface area contributed by atoms with E-state index in [1.54, 1.807) is 6.07 Å². The Hall–Kier alpha value is -0.440. The molecule has 1 N–H and O–H groups in total. The molecule has 2 heterocycles. The lowest BCUT2D eigenvalue weighted by atomic mass is 10.2. The van der Waals surface area contributed by atoms with Gasteiger partial charge in [0.1, 0.15) is 10.3 Å². The number of aliphatic carboxylic acids is 1. The fourth-order valence-electron chi connectivity index (χ4n) is 2.02. The van der Waals surface area contributed by atoms with Gasteiger partial charge in [-0.3, -0.25) is 4.79 Å². The van der Waals surface area contributed by atoms with Crippen molar-refractivity contribution in [1.29, 1.82) is 0 Å². The highest BCUT2D eigenvalue weighted by atomic mass is 79.9. The monoisotopic (exact) mass is 353 g/mol.